The fraction of sp³-hybridized carbons (Fsp3) is 0.154. The Bertz CT molecular complexity index is 555. The van der Waals surface area contributed by atoms with Crippen LogP contribution in [0.15, 0.2) is 34.8 Å². The zero-order valence-corrected chi connectivity index (χ0v) is 11.3. The van der Waals surface area contributed by atoms with Gasteiger partial charge in [-0.2, -0.15) is 0 Å². The van der Waals surface area contributed by atoms with Crippen molar-refractivity contribution in [2.75, 3.05) is 5.73 Å². The molecule has 0 bridgehead atoms. The summed E-state index contributed by atoms with van der Waals surface area (Å²) in [6.07, 6.45) is 0. The molecule has 0 saturated carbocycles. The Morgan fingerprint density at radius 2 is 1.94 bits per heavy atom. The van der Waals surface area contributed by atoms with Crippen LogP contribution in [-0.2, 0) is 0 Å². The van der Waals surface area contributed by atoms with Crippen molar-refractivity contribution in [3.63, 3.8) is 0 Å². The van der Waals surface area contributed by atoms with Crippen LogP contribution in [0.1, 0.15) is 11.3 Å². The summed E-state index contributed by atoms with van der Waals surface area (Å²) < 4.78 is 6.68. The van der Waals surface area contributed by atoms with E-state index in [1.807, 2.05) is 38.1 Å². The van der Waals surface area contributed by atoms with Crippen molar-refractivity contribution < 1.29 is 4.74 Å². The number of halogens is 1. The Balaban J connectivity index is 2.31. The number of nitrogens with zero attached hydrogens (tertiary/aromatic N) is 1. The molecule has 2 N–H and O–H groups in total. The summed E-state index contributed by atoms with van der Waals surface area (Å²) >= 11 is 3.40. The van der Waals surface area contributed by atoms with Gasteiger partial charge in [-0.15, -0.1) is 0 Å². The fourth-order valence-corrected chi connectivity index (χ4v) is 1.64. The average Bonchev–Trinajstić information content (AvgIpc) is 2.29. The molecule has 3 nitrogen and oxygen atoms in total. The standard InChI is InChI=1S/C13H13BrN2O/c1-8-3-4-10(15)7-12(8)17-13-6-5-11(14)9(2)16-13/h3-7H,15H2,1-2H3. The zero-order chi connectivity index (χ0) is 12.4. The number of ether oxygens (including phenoxy) is 1. The first kappa shape index (κ1) is 11.9. The number of pyridine rings is 1. The second-order valence-corrected chi connectivity index (χ2v) is 4.70. The molecule has 0 unspecified atom stereocenters. The Hall–Kier alpha value is -1.55. The molecule has 4 heteroatoms. The lowest BCUT2D eigenvalue weighted by Gasteiger charge is -2.09. The van der Waals surface area contributed by atoms with Crippen molar-refractivity contribution in [1.82, 2.24) is 4.98 Å². The summed E-state index contributed by atoms with van der Waals surface area (Å²) in [7, 11) is 0. The third-order valence-corrected chi connectivity index (χ3v) is 3.26. The van der Waals surface area contributed by atoms with E-state index >= 15 is 0 Å². The molecule has 0 fully saturated rings. The summed E-state index contributed by atoms with van der Waals surface area (Å²) in [6, 6.07) is 9.31. The van der Waals surface area contributed by atoms with Crippen molar-refractivity contribution in [3.8, 4) is 11.6 Å². The normalized spacial score (nSPS) is 10.3. The van der Waals surface area contributed by atoms with E-state index in [4.69, 9.17) is 10.5 Å². The summed E-state index contributed by atoms with van der Waals surface area (Å²) in [4.78, 5) is 4.33. The molecule has 0 aliphatic rings. The first-order valence-corrected chi connectivity index (χ1v) is 6.02. The quantitative estimate of drug-likeness (QED) is 0.856. The molecule has 1 aromatic heterocycles. The van der Waals surface area contributed by atoms with Gasteiger partial charge in [0.25, 0.3) is 0 Å². The predicted octanol–water partition coefficient (Wildman–Crippen LogP) is 3.84. The Morgan fingerprint density at radius 3 is 2.65 bits per heavy atom. The van der Waals surface area contributed by atoms with Gasteiger partial charge in [-0.25, -0.2) is 4.98 Å². The summed E-state index contributed by atoms with van der Waals surface area (Å²) in [5.74, 6) is 1.30. The summed E-state index contributed by atoms with van der Waals surface area (Å²) in [5.41, 5.74) is 8.33. The molecule has 0 aliphatic carbocycles. The lowest BCUT2D eigenvalue weighted by atomic mass is 10.2. The second kappa shape index (κ2) is 4.75. The van der Waals surface area contributed by atoms with Crippen LogP contribution in [-0.4, -0.2) is 4.98 Å². The van der Waals surface area contributed by atoms with E-state index in [-0.39, 0.29) is 0 Å². The highest BCUT2D eigenvalue weighted by Gasteiger charge is 2.04. The van der Waals surface area contributed by atoms with Crippen molar-refractivity contribution in [1.29, 1.82) is 0 Å². The number of aryl methyl sites for hydroxylation is 2. The maximum atomic E-state index is 5.73. The van der Waals surface area contributed by atoms with Crippen LogP contribution < -0.4 is 10.5 Å². The Morgan fingerprint density at radius 1 is 1.18 bits per heavy atom. The minimum Gasteiger partial charge on any atom is -0.439 e. The number of nitrogens with two attached hydrogens (primary N) is 1. The largest absolute Gasteiger partial charge is 0.439 e. The van der Waals surface area contributed by atoms with E-state index in [0.717, 1.165) is 21.5 Å². The van der Waals surface area contributed by atoms with E-state index in [1.54, 1.807) is 6.07 Å². The molecule has 0 saturated heterocycles. The van der Waals surface area contributed by atoms with Crippen molar-refractivity contribution in [2.24, 2.45) is 0 Å². The van der Waals surface area contributed by atoms with Gasteiger partial charge in [-0.1, -0.05) is 6.07 Å². The first-order chi connectivity index (χ1) is 8.06. The number of benzene rings is 1. The number of anilines is 1. The Labute approximate surface area is 109 Å². The van der Waals surface area contributed by atoms with Gasteiger partial charge in [0.1, 0.15) is 5.75 Å². The zero-order valence-electron chi connectivity index (χ0n) is 9.70. The third-order valence-electron chi connectivity index (χ3n) is 2.42. The van der Waals surface area contributed by atoms with Gasteiger partial charge in [0, 0.05) is 22.3 Å². The number of rotatable bonds is 2. The van der Waals surface area contributed by atoms with Gasteiger partial charge in [-0.05, 0) is 47.5 Å². The van der Waals surface area contributed by atoms with Crippen LogP contribution in [0.2, 0.25) is 0 Å². The molecule has 0 aliphatic heterocycles. The van der Waals surface area contributed by atoms with Gasteiger partial charge in [-0.3, -0.25) is 0 Å². The second-order valence-electron chi connectivity index (χ2n) is 3.84. The van der Waals surface area contributed by atoms with Crippen LogP contribution in [0.25, 0.3) is 0 Å². The number of aromatic nitrogens is 1. The molecular weight excluding hydrogens is 280 g/mol. The van der Waals surface area contributed by atoms with Crippen LogP contribution in [0.4, 0.5) is 5.69 Å². The minimum atomic E-state index is 0.569. The van der Waals surface area contributed by atoms with Crippen LogP contribution >= 0.6 is 15.9 Å². The molecule has 1 aromatic carbocycles. The van der Waals surface area contributed by atoms with E-state index in [0.29, 0.717) is 11.6 Å². The Kier molecular flexibility index (Phi) is 3.33. The molecular formula is C13H13BrN2O. The highest BCUT2D eigenvalue weighted by Crippen LogP contribution is 2.27. The molecule has 2 aromatic rings. The van der Waals surface area contributed by atoms with Crippen LogP contribution in [0.3, 0.4) is 0 Å². The molecule has 1 heterocycles. The van der Waals surface area contributed by atoms with E-state index in [9.17, 15) is 0 Å². The van der Waals surface area contributed by atoms with Crippen molar-refractivity contribution >= 4 is 21.6 Å². The third kappa shape index (κ3) is 2.77. The average molecular weight is 293 g/mol. The highest BCUT2D eigenvalue weighted by molar-refractivity contribution is 9.10. The van der Waals surface area contributed by atoms with Gasteiger partial charge in [0.15, 0.2) is 0 Å². The predicted molar refractivity (Wildman–Crippen MR) is 72.3 cm³/mol. The summed E-state index contributed by atoms with van der Waals surface area (Å²) in [6.45, 7) is 3.89. The topological polar surface area (TPSA) is 48.1 Å². The monoisotopic (exact) mass is 292 g/mol. The van der Waals surface area contributed by atoms with Crippen molar-refractivity contribution in [3.05, 3.63) is 46.1 Å². The maximum Gasteiger partial charge on any atom is 0.219 e. The summed E-state index contributed by atoms with van der Waals surface area (Å²) in [5, 5.41) is 0. The van der Waals surface area contributed by atoms with Gasteiger partial charge in [0.2, 0.25) is 5.88 Å². The SMILES string of the molecule is Cc1ccc(N)cc1Oc1ccc(Br)c(C)n1. The number of hydrogen-bond acceptors (Lipinski definition) is 3. The molecule has 0 amide bonds. The molecule has 88 valence electrons. The smallest absolute Gasteiger partial charge is 0.219 e. The van der Waals surface area contributed by atoms with Gasteiger partial charge >= 0.3 is 0 Å². The fourth-order valence-electron chi connectivity index (χ4n) is 1.42. The molecule has 2 rings (SSSR count). The lowest BCUT2D eigenvalue weighted by Crippen LogP contribution is -1.94. The van der Waals surface area contributed by atoms with Gasteiger partial charge in [0.05, 0.1) is 5.69 Å². The van der Waals surface area contributed by atoms with E-state index < -0.39 is 0 Å². The number of nitrogen functional groups attached to an aromatic ring is 1. The first-order valence-electron chi connectivity index (χ1n) is 5.23. The van der Waals surface area contributed by atoms with Gasteiger partial charge < -0.3 is 10.5 Å². The van der Waals surface area contributed by atoms with Crippen LogP contribution in [0, 0.1) is 13.8 Å². The lowest BCUT2D eigenvalue weighted by molar-refractivity contribution is 0.458. The molecule has 0 spiro atoms. The highest BCUT2D eigenvalue weighted by atomic mass is 79.9. The van der Waals surface area contributed by atoms with E-state index in [2.05, 4.69) is 20.9 Å². The molecule has 17 heavy (non-hydrogen) atoms. The maximum absolute atomic E-state index is 5.73. The molecule has 0 atom stereocenters. The van der Waals surface area contributed by atoms with Crippen molar-refractivity contribution in [2.45, 2.75) is 13.8 Å². The van der Waals surface area contributed by atoms with Crippen LogP contribution in [0.5, 0.6) is 11.6 Å². The number of hydrogen-bond donors (Lipinski definition) is 1. The minimum absolute atomic E-state index is 0.569. The molecule has 0 radical (unpaired) electrons. The van der Waals surface area contributed by atoms with E-state index in [1.165, 1.54) is 0 Å².